The first-order chi connectivity index (χ1) is 6.52. The minimum absolute atomic E-state index is 0.0187. The van der Waals surface area contributed by atoms with Crippen LogP contribution in [0.2, 0.25) is 0 Å². The van der Waals surface area contributed by atoms with Crippen molar-refractivity contribution in [2.75, 3.05) is 25.6 Å². The minimum Gasteiger partial charge on any atom is -0.396 e. The maximum Gasteiger partial charge on any atom is 0.214 e. The van der Waals surface area contributed by atoms with Crippen molar-refractivity contribution in [3.63, 3.8) is 0 Å². The second-order valence-electron chi connectivity index (χ2n) is 3.05. The summed E-state index contributed by atoms with van der Waals surface area (Å²) >= 11 is 0. The Morgan fingerprint density at radius 1 is 1.50 bits per heavy atom. The Morgan fingerprint density at radius 2 is 2.14 bits per heavy atom. The summed E-state index contributed by atoms with van der Waals surface area (Å²) in [4.78, 5) is 0. The van der Waals surface area contributed by atoms with E-state index in [2.05, 4.69) is 4.72 Å². The average molecular weight is 225 g/mol. The Morgan fingerprint density at radius 3 is 2.64 bits per heavy atom. The molecular formula is C8H19NO4S. The van der Waals surface area contributed by atoms with E-state index < -0.39 is 10.0 Å². The molecule has 0 aromatic heterocycles. The predicted octanol–water partition coefficient (Wildman–Crippen LogP) is -0.287. The Bertz CT molecular complexity index is 227. The smallest absolute Gasteiger partial charge is 0.214 e. The van der Waals surface area contributed by atoms with E-state index in [1.54, 1.807) is 6.92 Å². The molecule has 14 heavy (non-hydrogen) atoms. The van der Waals surface area contributed by atoms with Crippen molar-refractivity contribution in [1.29, 1.82) is 0 Å². The van der Waals surface area contributed by atoms with E-state index in [9.17, 15) is 8.42 Å². The molecule has 0 radical (unpaired) electrons. The highest BCUT2D eigenvalue weighted by Gasteiger charge is 2.13. The van der Waals surface area contributed by atoms with Crippen LogP contribution in [0.3, 0.4) is 0 Å². The number of nitrogens with one attached hydrogen (secondary N) is 1. The molecule has 0 saturated carbocycles. The van der Waals surface area contributed by atoms with Gasteiger partial charge in [-0.15, -0.1) is 0 Å². The Kier molecular flexibility index (Phi) is 7.08. The van der Waals surface area contributed by atoms with Crippen LogP contribution in [0.15, 0.2) is 0 Å². The molecule has 1 unspecified atom stereocenters. The van der Waals surface area contributed by atoms with E-state index in [1.807, 2.05) is 6.92 Å². The summed E-state index contributed by atoms with van der Waals surface area (Å²) in [5, 5.41) is 8.59. The monoisotopic (exact) mass is 225 g/mol. The highest BCUT2D eigenvalue weighted by molar-refractivity contribution is 7.89. The van der Waals surface area contributed by atoms with Crippen molar-refractivity contribution in [1.82, 2.24) is 4.72 Å². The summed E-state index contributed by atoms with van der Waals surface area (Å²) in [5.41, 5.74) is 0. The Labute approximate surface area is 85.5 Å². The van der Waals surface area contributed by atoms with Crippen LogP contribution >= 0.6 is 0 Å². The van der Waals surface area contributed by atoms with Gasteiger partial charge in [-0.1, -0.05) is 0 Å². The van der Waals surface area contributed by atoms with Crippen molar-refractivity contribution in [2.24, 2.45) is 0 Å². The molecule has 0 aromatic carbocycles. The highest BCUT2D eigenvalue weighted by atomic mass is 32.2. The van der Waals surface area contributed by atoms with Crippen LogP contribution < -0.4 is 4.72 Å². The van der Waals surface area contributed by atoms with E-state index in [4.69, 9.17) is 9.84 Å². The molecular weight excluding hydrogens is 206 g/mol. The standard InChI is InChI=1S/C8H19NO4S/c1-3-13-6-7-14(11,12)9-8(2)4-5-10/h8-10H,3-7H2,1-2H3. The molecule has 0 aliphatic heterocycles. The Balaban J connectivity index is 3.82. The van der Waals surface area contributed by atoms with Crippen LogP contribution in [0.5, 0.6) is 0 Å². The van der Waals surface area contributed by atoms with Gasteiger partial charge in [-0.2, -0.15) is 0 Å². The molecule has 1 atom stereocenters. The van der Waals surface area contributed by atoms with Gasteiger partial charge in [0.2, 0.25) is 10.0 Å². The zero-order valence-corrected chi connectivity index (χ0v) is 9.51. The summed E-state index contributed by atoms with van der Waals surface area (Å²) in [6.45, 7) is 4.23. The van der Waals surface area contributed by atoms with Gasteiger partial charge in [-0.05, 0) is 20.3 Å². The molecule has 0 amide bonds. The summed E-state index contributed by atoms with van der Waals surface area (Å²) in [7, 11) is -3.26. The molecule has 0 bridgehead atoms. The lowest BCUT2D eigenvalue weighted by Crippen LogP contribution is -2.36. The van der Waals surface area contributed by atoms with Gasteiger partial charge in [0.25, 0.3) is 0 Å². The normalized spacial score (nSPS) is 14.2. The third-order valence-electron chi connectivity index (χ3n) is 1.64. The SMILES string of the molecule is CCOCCS(=O)(=O)NC(C)CCO. The highest BCUT2D eigenvalue weighted by Crippen LogP contribution is 1.94. The fourth-order valence-corrected chi connectivity index (χ4v) is 2.12. The average Bonchev–Trinajstić information content (AvgIpc) is 2.03. The van der Waals surface area contributed by atoms with Gasteiger partial charge in [0.15, 0.2) is 0 Å². The van der Waals surface area contributed by atoms with Gasteiger partial charge < -0.3 is 9.84 Å². The van der Waals surface area contributed by atoms with E-state index in [0.717, 1.165) is 0 Å². The predicted molar refractivity (Wildman–Crippen MR) is 54.6 cm³/mol. The molecule has 0 aliphatic carbocycles. The maximum absolute atomic E-state index is 11.3. The quantitative estimate of drug-likeness (QED) is 0.557. The van der Waals surface area contributed by atoms with Gasteiger partial charge in [0.05, 0.1) is 12.4 Å². The largest absolute Gasteiger partial charge is 0.396 e. The van der Waals surface area contributed by atoms with Crippen LogP contribution in [-0.2, 0) is 14.8 Å². The van der Waals surface area contributed by atoms with Crippen molar-refractivity contribution in [3.05, 3.63) is 0 Å². The first-order valence-electron chi connectivity index (χ1n) is 4.70. The van der Waals surface area contributed by atoms with E-state index in [-0.39, 0.29) is 25.0 Å². The topological polar surface area (TPSA) is 75.6 Å². The second-order valence-corrected chi connectivity index (χ2v) is 4.92. The number of hydrogen-bond donors (Lipinski definition) is 2. The number of aliphatic hydroxyl groups excluding tert-OH is 1. The van der Waals surface area contributed by atoms with Crippen molar-refractivity contribution >= 4 is 10.0 Å². The number of aliphatic hydroxyl groups is 1. The summed E-state index contributed by atoms with van der Waals surface area (Å²) < 4.78 is 30.0. The van der Waals surface area contributed by atoms with Crippen molar-refractivity contribution < 1.29 is 18.3 Å². The maximum atomic E-state index is 11.3. The van der Waals surface area contributed by atoms with Gasteiger partial charge in [-0.25, -0.2) is 13.1 Å². The van der Waals surface area contributed by atoms with Gasteiger partial charge in [-0.3, -0.25) is 0 Å². The number of ether oxygens (including phenoxy) is 1. The molecule has 0 rings (SSSR count). The van der Waals surface area contributed by atoms with E-state index in [1.165, 1.54) is 0 Å². The first-order valence-corrected chi connectivity index (χ1v) is 6.35. The molecule has 2 N–H and O–H groups in total. The van der Waals surface area contributed by atoms with Crippen molar-refractivity contribution in [3.8, 4) is 0 Å². The molecule has 86 valence electrons. The van der Waals surface area contributed by atoms with Crippen LogP contribution in [0.1, 0.15) is 20.3 Å². The molecule has 0 aliphatic rings. The van der Waals surface area contributed by atoms with E-state index in [0.29, 0.717) is 13.0 Å². The molecule has 0 spiro atoms. The second kappa shape index (κ2) is 7.17. The first kappa shape index (κ1) is 13.8. The molecule has 6 heteroatoms. The Hall–Kier alpha value is -0.170. The van der Waals surface area contributed by atoms with Gasteiger partial charge in [0, 0.05) is 19.3 Å². The van der Waals surface area contributed by atoms with Gasteiger partial charge in [0.1, 0.15) is 0 Å². The number of rotatable bonds is 8. The lowest BCUT2D eigenvalue weighted by Gasteiger charge is -2.12. The number of hydrogen-bond acceptors (Lipinski definition) is 4. The zero-order valence-electron chi connectivity index (χ0n) is 8.69. The third-order valence-corrected chi connectivity index (χ3v) is 3.11. The lowest BCUT2D eigenvalue weighted by atomic mass is 10.3. The van der Waals surface area contributed by atoms with Crippen LogP contribution in [0.25, 0.3) is 0 Å². The third kappa shape index (κ3) is 7.25. The molecule has 0 fully saturated rings. The van der Waals surface area contributed by atoms with Crippen LogP contribution in [0, 0.1) is 0 Å². The lowest BCUT2D eigenvalue weighted by molar-refractivity contribution is 0.163. The summed E-state index contributed by atoms with van der Waals surface area (Å²) in [6, 6.07) is -0.230. The molecule has 0 saturated heterocycles. The fourth-order valence-electron chi connectivity index (χ4n) is 0.931. The summed E-state index contributed by atoms with van der Waals surface area (Å²) in [5.74, 6) is -0.0311. The van der Waals surface area contributed by atoms with Crippen molar-refractivity contribution in [2.45, 2.75) is 26.3 Å². The van der Waals surface area contributed by atoms with Crippen LogP contribution in [-0.4, -0.2) is 45.1 Å². The summed E-state index contributed by atoms with van der Waals surface area (Å²) in [6.07, 6.45) is 0.424. The molecule has 5 nitrogen and oxygen atoms in total. The van der Waals surface area contributed by atoms with Crippen LogP contribution in [0.4, 0.5) is 0 Å². The number of sulfonamides is 1. The fraction of sp³-hybridized carbons (Fsp3) is 1.00. The molecule has 0 heterocycles. The van der Waals surface area contributed by atoms with E-state index >= 15 is 0 Å². The van der Waals surface area contributed by atoms with Gasteiger partial charge >= 0.3 is 0 Å². The molecule has 0 aromatic rings. The zero-order chi connectivity index (χ0) is 11.0. The minimum atomic E-state index is -3.26.